The average Bonchev–Trinajstić information content (AvgIpc) is 2.94. The standard InChI is InChI=1S/C15H18ClN3OS/c1-2-3-7-17-14(20)11-21-15-18-8-9-19(15)13-6-4-5-12(16)10-13/h4-6,8-10H,2-3,7,11H2,1H3,(H,17,20). The van der Waals surface area contributed by atoms with Crippen molar-refractivity contribution in [3.05, 3.63) is 41.7 Å². The first-order valence-corrected chi connectivity index (χ1v) is 8.26. The zero-order valence-electron chi connectivity index (χ0n) is 11.9. The van der Waals surface area contributed by atoms with E-state index < -0.39 is 0 Å². The molecule has 0 saturated heterocycles. The van der Waals surface area contributed by atoms with Crippen LogP contribution in [0.2, 0.25) is 5.02 Å². The maximum Gasteiger partial charge on any atom is 0.230 e. The molecule has 6 heteroatoms. The van der Waals surface area contributed by atoms with Crippen LogP contribution in [-0.4, -0.2) is 27.8 Å². The van der Waals surface area contributed by atoms with Crippen molar-refractivity contribution in [3.8, 4) is 5.69 Å². The number of aromatic nitrogens is 2. The van der Waals surface area contributed by atoms with Crippen LogP contribution in [0.1, 0.15) is 19.8 Å². The van der Waals surface area contributed by atoms with Crippen LogP contribution < -0.4 is 5.32 Å². The third-order valence-electron chi connectivity index (χ3n) is 2.88. The minimum Gasteiger partial charge on any atom is -0.355 e. The number of thioether (sulfide) groups is 1. The van der Waals surface area contributed by atoms with Gasteiger partial charge in [0.25, 0.3) is 0 Å². The average molecular weight is 324 g/mol. The summed E-state index contributed by atoms with van der Waals surface area (Å²) in [5.41, 5.74) is 0.939. The van der Waals surface area contributed by atoms with Crippen molar-refractivity contribution in [1.82, 2.24) is 14.9 Å². The Hall–Kier alpha value is -1.46. The summed E-state index contributed by atoms with van der Waals surface area (Å²) in [4.78, 5) is 16.0. The Morgan fingerprint density at radius 2 is 2.33 bits per heavy atom. The first kappa shape index (κ1) is 15.9. The van der Waals surface area contributed by atoms with Crippen molar-refractivity contribution >= 4 is 29.3 Å². The molecule has 2 aromatic rings. The van der Waals surface area contributed by atoms with Gasteiger partial charge in [0.1, 0.15) is 0 Å². The van der Waals surface area contributed by atoms with Crippen LogP contribution in [0.5, 0.6) is 0 Å². The van der Waals surface area contributed by atoms with Crippen molar-refractivity contribution < 1.29 is 4.79 Å². The third-order valence-corrected chi connectivity index (χ3v) is 4.08. The Kier molecular flexibility index (Phi) is 6.14. The number of unbranched alkanes of at least 4 members (excludes halogenated alkanes) is 1. The van der Waals surface area contributed by atoms with E-state index >= 15 is 0 Å². The molecule has 0 atom stereocenters. The van der Waals surface area contributed by atoms with E-state index in [1.165, 1.54) is 11.8 Å². The van der Waals surface area contributed by atoms with Crippen molar-refractivity contribution in [1.29, 1.82) is 0 Å². The second-order valence-electron chi connectivity index (χ2n) is 4.55. The van der Waals surface area contributed by atoms with E-state index in [1.807, 2.05) is 35.0 Å². The second kappa shape index (κ2) is 8.10. The fraction of sp³-hybridized carbons (Fsp3) is 0.333. The molecule has 0 aliphatic rings. The normalized spacial score (nSPS) is 10.6. The molecular formula is C15H18ClN3OS. The molecule has 4 nitrogen and oxygen atoms in total. The number of nitrogens with one attached hydrogen (secondary N) is 1. The predicted octanol–water partition coefficient (Wildman–Crippen LogP) is 3.53. The number of hydrogen-bond donors (Lipinski definition) is 1. The van der Waals surface area contributed by atoms with Crippen molar-refractivity contribution in [2.45, 2.75) is 24.9 Å². The van der Waals surface area contributed by atoms with Crippen LogP contribution in [0.4, 0.5) is 0 Å². The molecule has 2 rings (SSSR count). The van der Waals surface area contributed by atoms with Gasteiger partial charge in [-0.05, 0) is 24.6 Å². The number of hydrogen-bond acceptors (Lipinski definition) is 3. The van der Waals surface area contributed by atoms with Gasteiger partial charge in [-0.1, -0.05) is 42.8 Å². The molecule has 0 saturated carbocycles. The summed E-state index contributed by atoms with van der Waals surface area (Å²) in [6.45, 7) is 2.83. The Morgan fingerprint density at radius 1 is 1.48 bits per heavy atom. The van der Waals surface area contributed by atoms with Gasteiger partial charge in [-0.15, -0.1) is 0 Å². The first-order valence-electron chi connectivity index (χ1n) is 6.89. The lowest BCUT2D eigenvalue weighted by atomic mass is 10.3. The largest absolute Gasteiger partial charge is 0.355 e. The maximum absolute atomic E-state index is 11.7. The predicted molar refractivity (Wildman–Crippen MR) is 87.2 cm³/mol. The summed E-state index contributed by atoms with van der Waals surface area (Å²) in [6, 6.07) is 7.55. The molecule has 0 aliphatic carbocycles. The summed E-state index contributed by atoms with van der Waals surface area (Å²) < 4.78 is 1.93. The highest BCUT2D eigenvalue weighted by molar-refractivity contribution is 7.99. The number of carbonyl (C=O) groups excluding carboxylic acids is 1. The van der Waals surface area contributed by atoms with Crippen LogP contribution in [-0.2, 0) is 4.79 Å². The highest BCUT2D eigenvalue weighted by Crippen LogP contribution is 2.22. The van der Waals surface area contributed by atoms with E-state index in [-0.39, 0.29) is 5.91 Å². The molecule has 112 valence electrons. The van der Waals surface area contributed by atoms with Gasteiger partial charge in [0.15, 0.2) is 5.16 Å². The molecule has 0 aliphatic heterocycles. The topological polar surface area (TPSA) is 46.9 Å². The Balaban J connectivity index is 1.96. The Labute approximate surface area is 133 Å². The molecule has 0 bridgehead atoms. The number of carbonyl (C=O) groups is 1. The number of imidazole rings is 1. The Morgan fingerprint density at radius 3 is 3.10 bits per heavy atom. The number of halogens is 1. The van der Waals surface area contributed by atoms with Gasteiger partial charge >= 0.3 is 0 Å². The van der Waals surface area contributed by atoms with E-state index in [2.05, 4.69) is 17.2 Å². The quantitative estimate of drug-likeness (QED) is 0.626. The summed E-state index contributed by atoms with van der Waals surface area (Å²) in [6.07, 6.45) is 5.67. The fourth-order valence-corrected chi connectivity index (χ4v) is 2.79. The molecule has 1 aromatic heterocycles. The Bertz CT molecular complexity index is 600. The number of rotatable bonds is 7. The van der Waals surface area contributed by atoms with Gasteiger partial charge in [0.05, 0.1) is 5.75 Å². The molecular weight excluding hydrogens is 306 g/mol. The minimum absolute atomic E-state index is 0.0362. The van der Waals surface area contributed by atoms with E-state index in [9.17, 15) is 4.79 Å². The van der Waals surface area contributed by atoms with Crippen molar-refractivity contribution in [2.24, 2.45) is 0 Å². The summed E-state index contributed by atoms with van der Waals surface area (Å²) in [5, 5.41) is 4.35. The van der Waals surface area contributed by atoms with Gasteiger partial charge in [0, 0.05) is 29.6 Å². The minimum atomic E-state index is 0.0362. The van der Waals surface area contributed by atoms with E-state index in [1.54, 1.807) is 6.20 Å². The van der Waals surface area contributed by atoms with Crippen LogP contribution in [0.3, 0.4) is 0 Å². The summed E-state index contributed by atoms with van der Waals surface area (Å²) in [7, 11) is 0. The fourth-order valence-electron chi connectivity index (χ4n) is 1.80. The van der Waals surface area contributed by atoms with Gasteiger partial charge in [-0.25, -0.2) is 4.98 Å². The lowest BCUT2D eigenvalue weighted by molar-refractivity contribution is -0.118. The second-order valence-corrected chi connectivity index (χ2v) is 5.93. The smallest absolute Gasteiger partial charge is 0.230 e. The molecule has 0 fully saturated rings. The molecule has 0 unspecified atom stereocenters. The maximum atomic E-state index is 11.7. The number of benzene rings is 1. The van der Waals surface area contributed by atoms with E-state index in [0.717, 1.165) is 30.2 Å². The summed E-state index contributed by atoms with van der Waals surface area (Å²) >= 11 is 7.43. The molecule has 1 amide bonds. The third kappa shape index (κ3) is 4.79. The van der Waals surface area contributed by atoms with Gasteiger partial charge in [0.2, 0.25) is 5.91 Å². The number of nitrogens with zero attached hydrogens (tertiary/aromatic N) is 2. The highest BCUT2D eigenvalue weighted by atomic mass is 35.5. The van der Waals surface area contributed by atoms with Crippen molar-refractivity contribution in [2.75, 3.05) is 12.3 Å². The zero-order valence-corrected chi connectivity index (χ0v) is 13.5. The van der Waals surface area contributed by atoms with Crippen LogP contribution >= 0.6 is 23.4 Å². The van der Waals surface area contributed by atoms with E-state index in [0.29, 0.717) is 10.8 Å². The molecule has 1 aromatic carbocycles. The SMILES string of the molecule is CCCCNC(=O)CSc1nccn1-c1cccc(Cl)c1. The monoisotopic (exact) mass is 323 g/mol. The van der Waals surface area contributed by atoms with Gasteiger partial charge in [-0.2, -0.15) is 0 Å². The van der Waals surface area contributed by atoms with Crippen LogP contribution in [0.15, 0.2) is 41.8 Å². The lowest BCUT2D eigenvalue weighted by Gasteiger charge is -2.08. The molecule has 0 radical (unpaired) electrons. The van der Waals surface area contributed by atoms with Crippen LogP contribution in [0.25, 0.3) is 5.69 Å². The lowest BCUT2D eigenvalue weighted by Crippen LogP contribution is -2.26. The number of amides is 1. The van der Waals surface area contributed by atoms with Gasteiger partial charge < -0.3 is 5.32 Å². The highest BCUT2D eigenvalue weighted by Gasteiger charge is 2.09. The van der Waals surface area contributed by atoms with Gasteiger partial charge in [-0.3, -0.25) is 9.36 Å². The molecule has 1 heterocycles. The first-order chi connectivity index (χ1) is 10.2. The molecule has 0 spiro atoms. The van der Waals surface area contributed by atoms with Crippen LogP contribution in [0, 0.1) is 0 Å². The summed E-state index contributed by atoms with van der Waals surface area (Å²) in [5.74, 6) is 0.399. The molecule has 1 N–H and O–H groups in total. The zero-order chi connectivity index (χ0) is 15.1. The molecule has 21 heavy (non-hydrogen) atoms. The van der Waals surface area contributed by atoms with Crippen molar-refractivity contribution in [3.63, 3.8) is 0 Å². The van der Waals surface area contributed by atoms with E-state index in [4.69, 9.17) is 11.6 Å².